The molecule has 3 aromatic rings. The number of rotatable bonds is 8. The molecular weight excluding hydrogens is 384 g/mol. The van der Waals surface area contributed by atoms with E-state index in [2.05, 4.69) is 43.7 Å². The van der Waals surface area contributed by atoms with Crippen LogP contribution in [0.25, 0.3) is 0 Å². The van der Waals surface area contributed by atoms with E-state index in [9.17, 15) is 4.79 Å². The molecule has 1 saturated carbocycles. The summed E-state index contributed by atoms with van der Waals surface area (Å²) in [6.07, 6.45) is 3.16. The van der Waals surface area contributed by atoms with E-state index in [-0.39, 0.29) is 5.91 Å². The van der Waals surface area contributed by atoms with Crippen molar-refractivity contribution in [3.8, 4) is 0 Å². The standard InChI is InChI=1S/C18H20N4OS3/c1-21(10-13-6-8-24-11-13)17(23)12-26-18-20-19-16(22(18)14-4-5-14)9-15-3-2-7-25-15/h2-3,6-8,11,14H,4-5,9-10,12H2,1H3. The van der Waals surface area contributed by atoms with Crippen molar-refractivity contribution in [2.75, 3.05) is 12.8 Å². The van der Waals surface area contributed by atoms with Gasteiger partial charge in [0.05, 0.1) is 5.75 Å². The molecule has 4 rings (SSSR count). The van der Waals surface area contributed by atoms with Crippen LogP contribution in [0.3, 0.4) is 0 Å². The highest BCUT2D eigenvalue weighted by Gasteiger charge is 2.30. The number of aromatic nitrogens is 3. The Balaban J connectivity index is 1.40. The minimum absolute atomic E-state index is 0.117. The number of hydrogen-bond donors (Lipinski definition) is 0. The Hall–Kier alpha value is -1.64. The summed E-state index contributed by atoms with van der Waals surface area (Å²) >= 11 is 4.90. The van der Waals surface area contributed by atoms with Gasteiger partial charge in [-0.15, -0.1) is 21.5 Å². The van der Waals surface area contributed by atoms with Gasteiger partial charge in [-0.05, 0) is 46.7 Å². The molecule has 5 nitrogen and oxygen atoms in total. The van der Waals surface area contributed by atoms with Crippen LogP contribution in [0.2, 0.25) is 0 Å². The lowest BCUT2D eigenvalue weighted by molar-refractivity contribution is -0.127. The Bertz CT molecular complexity index is 853. The predicted molar refractivity (Wildman–Crippen MR) is 107 cm³/mol. The van der Waals surface area contributed by atoms with Crippen LogP contribution in [0.1, 0.15) is 35.1 Å². The quantitative estimate of drug-likeness (QED) is 0.531. The number of thioether (sulfide) groups is 1. The molecule has 1 aliphatic rings. The summed E-state index contributed by atoms with van der Waals surface area (Å²) in [5, 5.41) is 15.9. The molecule has 0 aromatic carbocycles. The highest BCUT2D eigenvalue weighted by molar-refractivity contribution is 7.99. The van der Waals surface area contributed by atoms with Crippen molar-refractivity contribution in [1.29, 1.82) is 0 Å². The van der Waals surface area contributed by atoms with Gasteiger partial charge in [0.1, 0.15) is 5.82 Å². The summed E-state index contributed by atoms with van der Waals surface area (Å²) in [7, 11) is 1.86. The normalized spacial score (nSPS) is 13.9. The lowest BCUT2D eigenvalue weighted by Gasteiger charge is -2.16. The smallest absolute Gasteiger partial charge is 0.233 e. The van der Waals surface area contributed by atoms with Gasteiger partial charge in [0.25, 0.3) is 0 Å². The lowest BCUT2D eigenvalue weighted by Crippen LogP contribution is -2.27. The summed E-state index contributed by atoms with van der Waals surface area (Å²) in [6, 6.07) is 6.75. The van der Waals surface area contributed by atoms with Crippen molar-refractivity contribution in [3.05, 3.63) is 50.6 Å². The van der Waals surface area contributed by atoms with E-state index >= 15 is 0 Å². The maximum absolute atomic E-state index is 12.5. The summed E-state index contributed by atoms with van der Waals surface area (Å²) in [5.41, 5.74) is 1.18. The van der Waals surface area contributed by atoms with Crippen molar-refractivity contribution in [2.45, 2.75) is 37.0 Å². The summed E-state index contributed by atoms with van der Waals surface area (Å²) in [5.74, 6) is 1.52. The van der Waals surface area contributed by atoms with Gasteiger partial charge >= 0.3 is 0 Å². The summed E-state index contributed by atoms with van der Waals surface area (Å²) in [4.78, 5) is 15.5. The van der Waals surface area contributed by atoms with Crippen LogP contribution in [0.4, 0.5) is 0 Å². The maximum Gasteiger partial charge on any atom is 0.233 e. The third kappa shape index (κ3) is 4.19. The van der Waals surface area contributed by atoms with Crippen LogP contribution in [0.15, 0.2) is 39.5 Å². The Kier molecular flexibility index (Phi) is 5.42. The number of carbonyl (C=O) groups excluding carboxylic acids is 1. The first-order chi connectivity index (χ1) is 12.7. The molecule has 3 aromatic heterocycles. The number of amides is 1. The van der Waals surface area contributed by atoms with E-state index < -0.39 is 0 Å². The predicted octanol–water partition coefficient (Wildman–Crippen LogP) is 4.08. The van der Waals surface area contributed by atoms with Gasteiger partial charge in [-0.2, -0.15) is 11.3 Å². The Morgan fingerprint density at radius 2 is 2.23 bits per heavy atom. The van der Waals surface area contributed by atoms with Gasteiger partial charge in [0.2, 0.25) is 5.91 Å². The largest absolute Gasteiger partial charge is 0.341 e. The molecule has 0 saturated heterocycles. The first kappa shape index (κ1) is 17.8. The topological polar surface area (TPSA) is 51.0 Å². The zero-order valence-electron chi connectivity index (χ0n) is 14.5. The van der Waals surface area contributed by atoms with Crippen LogP contribution in [-0.2, 0) is 17.8 Å². The Morgan fingerprint density at radius 3 is 2.92 bits per heavy atom. The lowest BCUT2D eigenvalue weighted by atomic mass is 10.3. The van der Waals surface area contributed by atoms with Crippen LogP contribution in [-0.4, -0.2) is 38.4 Å². The van der Waals surface area contributed by atoms with Gasteiger partial charge in [0, 0.05) is 30.9 Å². The number of thiophene rings is 2. The number of nitrogens with zero attached hydrogens (tertiary/aromatic N) is 4. The first-order valence-corrected chi connectivity index (χ1v) is 11.4. The maximum atomic E-state index is 12.5. The first-order valence-electron chi connectivity index (χ1n) is 8.54. The van der Waals surface area contributed by atoms with Crippen LogP contribution >= 0.6 is 34.4 Å². The molecule has 0 spiro atoms. The number of carbonyl (C=O) groups is 1. The fourth-order valence-corrected chi connectivity index (χ4v) is 5.10. The second-order valence-electron chi connectivity index (χ2n) is 6.43. The fraction of sp³-hybridized carbons (Fsp3) is 0.389. The van der Waals surface area contributed by atoms with Crippen LogP contribution in [0.5, 0.6) is 0 Å². The van der Waals surface area contributed by atoms with E-state index in [1.54, 1.807) is 27.6 Å². The summed E-state index contributed by atoms with van der Waals surface area (Å²) in [6.45, 7) is 0.655. The van der Waals surface area contributed by atoms with Crippen molar-refractivity contribution in [2.24, 2.45) is 0 Å². The van der Waals surface area contributed by atoms with Gasteiger partial charge in [-0.25, -0.2) is 0 Å². The molecule has 0 radical (unpaired) electrons. The Labute approximate surface area is 165 Å². The van der Waals surface area contributed by atoms with E-state index in [0.717, 1.165) is 17.4 Å². The van der Waals surface area contributed by atoms with Gasteiger partial charge in [0.15, 0.2) is 5.16 Å². The van der Waals surface area contributed by atoms with Gasteiger partial charge in [-0.3, -0.25) is 4.79 Å². The molecule has 8 heteroatoms. The molecule has 3 heterocycles. The minimum Gasteiger partial charge on any atom is -0.341 e. The average molecular weight is 405 g/mol. The molecular formula is C18H20N4OS3. The molecule has 1 fully saturated rings. The van der Waals surface area contributed by atoms with E-state index in [1.807, 2.05) is 12.4 Å². The third-order valence-electron chi connectivity index (χ3n) is 4.31. The molecule has 0 bridgehead atoms. The zero-order chi connectivity index (χ0) is 17.9. The SMILES string of the molecule is CN(Cc1ccsc1)C(=O)CSc1nnc(Cc2cccs2)n1C1CC1. The summed E-state index contributed by atoms with van der Waals surface area (Å²) < 4.78 is 2.25. The molecule has 136 valence electrons. The molecule has 0 N–H and O–H groups in total. The second-order valence-corrected chi connectivity index (χ2v) is 9.18. The average Bonchev–Trinajstić information content (AvgIpc) is 3.06. The van der Waals surface area contributed by atoms with E-state index in [4.69, 9.17) is 0 Å². The second kappa shape index (κ2) is 7.94. The van der Waals surface area contributed by atoms with Crippen molar-refractivity contribution < 1.29 is 4.79 Å². The van der Waals surface area contributed by atoms with Crippen LogP contribution in [0, 0.1) is 0 Å². The fourth-order valence-electron chi connectivity index (χ4n) is 2.78. The minimum atomic E-state index is 0.117. The molecule has 0 atom stereocenters. The molecule has 26 heavy (non-hydrogen) atoms. The highest BCUT2D eigenvalue weighted by atomic mass is 32.2. The van der Waals surface area contributed by atoms with Crippen molar-refractivity contribution in [1.82, 2.24) is 19.7 Å². The number of hydrogen-bond acceptors (Lipinski definition) is 6. The van der Waals surface area contributed by atoms with Gasteiger partial charge in [-0.1, -0.05) is 17.8 Å². The third-order valence-corrected chi connectivity index (χ3v) is 6.85. The molecule has 0 aliphatic heterocycles. The molecule has 1 amide bonds. The zero-order valence-corrected chi connectivity index (χ0v) is 16.9. The molecule has 1 aliphatic carbocycles. The monoisotopic (exact) mass is 404 g/mol. The van der Waals surface area contributed by atoms with E-state index in [0.29, 0.717) is 18.3 Å². The Morgan fingerprint density at radius 1 is 1.35 bits per heavy atom. The van der Waals surface area contributed by atoms with Gasteiger partial charge < -0.3 is 9.47 Å². The van der Waals surface area contributed by atoms with Crippen molar-refractivity contribution >= 4 is 40.3 Å². The van der Waals surface area contributed by atoms with E-state index in [1.165, 1.54) is 35.0 Å². The van der Waals surface area contributed by atoms with Crippen molar-refractivity contribution in [3.63, 3.8) is 0 Å². The van der Waals surface area contributed by atoms with Crippen LogP contribution < -0.4 is 0 Å². The molecule has 0 unspecified atom stereocenters. The highest BCUT2D eigenvalue weighted by Crippen LogP contribution is 2.39.